The van der Waals surface area contributed by atoms with Crippen LogP contribution in [-0.4, -0.2) is 24.7 Å². The molecule has 0 N–H and O–H groups in total. The fourth-order valence-corrected chi connectivity index (χ4v) is 2.11. The summed E-state index contributed by atoms with van der Waals surface area (Å²) in [5.41, 5.74) is 1.17. The van der Waals surface area contributed by atoms with Gasteiger partial charge in [-0.05, 0) is 11.6 Å². The Morgan fingerprint density at radius 2 is 2.12 bits per heavy atom. The van der Waals surface area contributed by atoms with Crippen LogP contribution in [-0.2, 0) is 16.0 Å². The number of hydrogen-bond donors (Lipinski definition) is 0. The molecule has 3 nitrogen and oxygen atoms in total. The van der Waals surface area contributed by atoms with Gasteiger partial charge in [0, 0.05) is 22.3 Å². The zero-order chi connectivity index (χ0) is 12.8. The van der Waals surface area contributed by atoms with Gasteiger partial charge in [0.1, 0.15) is 0 Å². The van der Waals surface area contributed by atoms with Crippen molar-refractivity contribution in [3.8, 4) is 0 Å². The molecule has 0 heterocycles. The van der Waals surface area contributed by atoms with Crippen LogP contribution < -0.4 is 0 Å². The molecule has 0 aromatic heterocycles. The SMILES string of the molecule is COC(=O)Cc1c(Br)cccc1C(=O)CCCl. The molecule has 0 unspecified atom stereocenters. The van der Waals surface area contributed by atoms with Gasteiger partial charge in [-0.25, -0.2) is 0 Å². The van der Waals surface area contributed by atoms with Crippen LogP contribution in [0.25, 0.3) is 0 Å². The molecule has 0 saturated heterocycles. The Balaban J connectivity index is 3.08. The second kappa shape index (κ2) is 6.77. The van der Waals surface area contributed by atoms with Crippen LogP contribution in [0.4, 0.5) is 0 Å². The minimum Gasteiger partial charge on any atom is -0.469 e. The lowest BCUT2D eigenvalue weighted by molar-refractivity contribution is -0.139. The molecule has 0 fully saturated rings. The van der Waals surface area contributed by atoms with Gasteiger partial charge in [-0.1, -0.05) is 28.1 Å². The van der Waals surface area contributed by atoms with E-state index in [1.807, 2.05) is 0 Å². The molecule has 17 heavy (non-hydrogen) atoms. The monoisotopic (exact) mass is 318 g/mol. The summed E-state index contributed by atoms with van der Waals surface area (Å²) in [5, 5.41) is 0. The van der Waals surface area contributed by atoms with E-state index in [0.717, 1.165) is 4.47 Å². The van der Waals surface area contributed by atoms with Crippen molar-refractivity contribution in [1.82, 2.24) is 0 Å². The van der Waals surface area contributed by atoms with E-state index in [1.165, 1.54) is 7.11 Å². The van der Waals surface area contributed by atoms with Gasteiger partial charge < -0.3 is 4.74 Å². The second-order valence-electron chi connectivity index (χ2n) is 3.38. The molecular formula is C12H12BrClO3. The van der Waals surface area contributed by atoms with Crippen molar-refractivity contribution in [2.24, 2.45) is 0 Å². The zero-order valence-electron chi connectivity index (χ0n) is 9.33. The number of halogens is 2. The molecule has 0 saturated carbocycles. The number of Topliss-reactive ketones (excluding diaryl/α,β-unsaturated/α-hetero) is 1. The fraction of sp³-hybridized carbons (Fsp3) is 0.333. The van der Waals surface area contributed by atoms with Crippen molar-refractivity contribution < 1.29 is 14.3 Å². The largest absolute Gasteiger partial charge is 0.469 e. The molecule has 0 aliphatic rings. The average Bonchev–Trinajstić information content (AvgIpc) is 2.31. The molecule has 92 valence electrons. The van der Waals surface area contributed by atoms with Crippen molar-refractivity contribution >= 4 is 39.3 Å². The highest BCUT2D eigenvalue weighted by Crippen LogP contribution is 2.23. The summed E-state index contributed by atoms with van der Waals surface area (Å²) in [6, 6.07) is 5.24. The standard InChI is InChI=1S/C12H12BrClO3/c1-17-12(16)7-9-8(11(15)5-6-14)3-2-4-10(9)13/h2-4H,5-7H2,1H3. The first-order chi connectivity index (χ1) is 8.10. The van der Waals surface area contributed by atoms with Crippen molar-refractivity contribution in [3.05, 3.63) is 33.8 Å². The number of ether oxygens (including phenoxy) is 1. The maximum atomic E-state index is 11.8. The fourth-order valence-electron chi connectivity index (χ4n) is 1.44. The first-order valence-corrected chi connectivity index (χ1v) is 6.36. The third kappa shape index (κ3) is 3.82. The maximum Gasteiger partial charge on any atom is 0.310 e. The topological polar surface area (TPSA) is 43.4 Å². The van der Waals surface area contributed by atoms with Gasteiger partial charge in [-0.2, -0.15) is 0 Å². The van der Waals surface area contributed by atoms with Crippen LogP contribution in [0.2, 0.25) is 0 Å². The van der Waals surface area contributed by atoms with Crippen LogP contribution in [0, 0.1) is 0 Å². The van der Waals surface area contributed by atoms with E-state index in [0.29, 0.717) is 11.1 Å². The molecule has 1 rings (SSSR count). The first-order valence-electron chi connectivity index (χ1n) is 5.03. The third-order valence-corrected chi connectivity index (χ3v) is 3.22. The Kier molecular flexibility index (Phi) is 5.65. The highest BCUT2D eigenvalue weighted by molar-refractivity contribution is 9.10. The summed E-state index contributed by atoms with van der Waals surface area (Å²) < 4.78 is 5.33. The van der Waals surface area contributed by atoms with Crippen molar-refractivity contribution in [2.75, 3.05) is 13.0 Å². The molecule has 0 bridgehead atoms. The molecule has 0 radical (unpaired) electrons. The molecule has 1 aromatic carbocycles. The number of methoxy groups -OCH3 is 1. The number of hydrogen-bond acceptors (Lipinski definition) is 3. The Labute approximate surface area is 113 Å². The van der Waals surface area contributed by atoms with Crippen LogP contribution in [0.15, 0.2) is 22.7 Å². The summed E-state index contributed by atoms with van der Waals surface area (Å²) in [5.74, 6) is -0.180. The summed E-state index contributed by atoms with van der Waals surface area (Å²) in [6.45, 7) is 0. The predicted octanol–water partition coefficient (Wildman–Crippen LogP) is 2.98. The van der Waals surface area contributed by atoms with Crippen molar-refractivity contribution in [1.29, 1.82) is 0 Å². The van der Waals surface area contributed by atoms with Crippen LogP contribution in [0.5, 0.6) is 0 Å². The minimum atomic E-state index is -0.378. The van der Waals surface area contributed by atoms with Crippen LogP contribution in [0.3, 0.4) is 0 Å². The molecule has 0 aliphatic carbocycles. The number of alkyl halides is 1. The molecular weight excluding hydrogens is 307 g/mol. The number of benzene rings is 1. The lowest BCUT2D eigenvalue weighted by Gasteiger charge is -2.09. The second-order valence-corrected chi connectivity index (χ2v) is 4.61. The molecule has 0 aliphatic heterocycles. The lowest BCUT2D eigenvalue weighted by atomic mass is 10.00. The lowest BCUT2D eigenvalue weighted by Crippen LogP contribution is -2.11. The van der Waals surface area contributed by atoms with E-state index in [1.54, 1.807) is 18.2 Å². The van der Waals surface area contributed by atoms with Crippen molar-refractivity contribution in [2.45, 2.75) is 12.8 Å². The number of rotatable bonds is 5. The maximum absolute atomic E-state index is 11.8. The summed E-state index contributed by atoms with van der Waals surface area (Å²) in [4.78, 5) is 23.1. The number of carbonyl (C=O) groups is 2. The quantitative estimate of drug-likeness (QED) is 0.476. The smallest absolute Gasteiger partial charge is 0.310 e. The minimum absolute atomic E-state index is 0.0693. The molecule has 0 spiro atoms. The Hall–Kier alpha value is -0.870. The van der Waals surface area contributed by atoms with Crippen LogP contribution in [0.1, 0.15) is 22.3 Å². The normalized spacial score (nSPS) is 10.1. The molecule has 1 aromatic rings. The van der Waals surface area contributed by atoms with E-state index in [4.69, 9.17) is 11.6 Å². The highest BCUT2D eigenvalue weighted by Gasteiger charge is 2.16. The van der Waals surface area contributed by atoms with E-state index >= 15 is 0 Å². The Morgan fingerprint density at radius 3 is 2.71 bits per heavy atom. The van der Waals surface area contributed by atoms with Gasteiger partial charge in [-0.15, -0.1) is 11.6 Å². The third-order valence-electron chi connectivity index (χ3n) is 2.29. The number of carbonyl (C=O) groups excluding carboxylic acids is 2. The zero-order valence-corrected chi connectivity index (χ0v) is 11.7. The summed E-state index contributed by atoms with van der Waals surface area (Å²) >= 11 is 8.88. The molecule has 0 amide bonds. The summed E-state index contributed by atoms with van der Waals surface area (Å²) in [7, 11) is 1.32. The molecule has 0 atom stereocenters. The van der Waals surface area contributed by atoms with E-state index in [2.05, 4.69) is 20.7 Å². The van der Waals surface area contributed by atoms with E-state index in [-0.39, 0.29) is 30.5 Å². The van der Waals surface area contributed by atoms with Crippen LogP contribution >= 0.6 is 27.5 Å². The van der Waals surface area contributed by atoms with Gasteiger partial charge in [0.15, 0.2) is 5.78 Å². The van der Waals surface area contributed by atoms with Gasteiger partial charge in [-0.3, -0.25) is 9.59 Å². The average molecular weight is 320 g/mol. The highest BCUT2D eigenvalue weighted by atomic mass is 79.9. The first kappa shape index (κ1) is 14.2. The Bertz CT molecular complexity index is 432. The molecule has 5 heteroatoms. The predicted molar refractivity (Wildman–Crippen MR) is 69.5 cm³/mol. The summed E-state index contributed by atoms with van der Waals surface area (Å²) in [6.07, 6.45) is 0.327. The van der Waals surface area contributed by atoms with Gasteiger partial charge in [0.05, 0.1) is 13.5 Å². The van der Waals surface area contributed by atoms with Gasteiger partial charge in [0.25, 0.3) is 0 Å². The Morgan fingerprint density at radius 1 is 1.41 bits per heavy atom. The number of ketones is 1. The van der Waals surface area contributed by atoms with Gasteiger partial charge in [0.2, 0.25) is 0 Å². The van der Waals surface area contributed by atoms with E-state index in [9.17, 15) is 9.59 Å². The number of esters is 1. The van der Waals surface area contributed by atoms with Gasteiger partial charge >= 0.3 is 5.97 Å². The van der Waals surface area contributed by atoms with Crippen molar-refractivity contribution in [3.63, 3.8) is 0 Å². The van der Waals surface area contributed by atoms with E-state index < -0.39 is 0 Å².